The van der Waals surface area contributed by atoms with Gasteiger partial charge in [-0.05, 0) is 54.4 Å². The molecule has 3 aromatic carbocycles. The molecule has 0 heterocycles. The summed E-state index contributed by atoms with van der Waals surface area (Å²) in [6.45, 7) is 1.85. The number of benzene rings is 3. The number of ketones is 2. The van der Waals surface area contributed by atoms with Gasteiger partial charge in [0.1, 0.15) is 5.82 Å². The maximum Gasteiger partial charge on any atom is 0.182 e. The molecule has 0 aliphatic heterocycles. The van der Waals surface area contributed by atoms with Gasteiger partial charge < -0.3 is 0 Å². The van der Waals surface area contributed by atoms with Crippen molar-refractivity contribution >= 4 is 21.4 Å². The van der Waals surface area contributed by atoms with Crippen molar-refractivity contribution in [1.29, 1.82) is 0 Å². The first kappa shape index (κ1) is 25.5. The Morgan fingerprint density at radius 2 is 1.38 bits per heavy atom. The Hall–Kier alpha value is -3.16. The Bertz CT molecular complexity index is 1270. The van der Waals surface area contributed by atoms with Crippen molar-refractivity contribution in [3.05, 3.63) is 101 Å². The van der Waals surface area contributed by atoms with E-state index in [1.54, 1.807) is 73.5 Å². The van der Waals surface area contributed by atoms with Gasteiger partial charge in [-0.25, -0.2) is 12.8 Å². The van der Waals surface area contributed by atoms with E-state index in [4.69, 9.17) is 0 Å². The highest BCUT2D eigenvalue weighted by molar-refractivity contribution is 7.90. The minimum Gasteiger partial charge on any atom is -0.298 e. The van der Waals surface area contributed by atoms with Crippen LogP contribution >= 0.6 is 0 Å². The standard InChI is InChI=1S/C27H28FNO4S/c1-20-11-12-23(16-27(20)34(32,33)19-21-7-4-3-5-8-21)15-26(31)18-29(2)17-25(30)14-22-9-6-10-24(28)13-22/h3-13,16H,14-15,17-19H2,1-2H3. The summed E-state index contributed by atoms with van der Waals surface area (Å²) in [4.78, 5) is 26.7. The van der Waals surface area contributed by atoms with Crippen LogP contribution in [0.15, 0.2) is 77.7 Å². The van der Waals surface area contributed by atoms with Crippen molar-refractivity contribution in [2.24, 2.45) is 0 Å². The molecule has 0 saturated heterocycles. The van der Waals surface area contributed by atoms with Crippen LogP contribution in [0.3, 0.4) is 0 Å². The van der Waals surface area contributed by atoms with Gasteiger partial charge >= 0.3 is 0 Å². The molecular formula is C27H28FNO4S. The van der Waals surface area contributed by atoms with Crippen molar-refractivity contribution in [3.63, 3.8) is 0 Å². The van der Waals surface area contributed by atoms with Crippen LogP contribution in [0.4, 0.5) is 4.39 Å². The second-order valence-electron chi connectivity index (χ2n) is 8.58. The number of likely N-dealkylation sites (N-methyl/N-ethyl adjacent to an activating group) is 1. The molecule has 0 unspecified atom stereocenters. The molecule has 0 spiro atoms. The van der Waals surface area contributed by atoms with Crippen LogP contribution in [-0.4, -0.2) is 45.0 Å². The molecule has 0 aliphatic rings. The third-order valence-electron chi connectivity index (χ3n) is 5.37. The third kappa shape index (κ3) is 7.43. The molecule has 0 amide bonds. The number of halogens is 1. The molecule has 3 rings (SSSR count). The summed E-state index contributed by atoms with van der Waals surface area (Å²) in [6.07, 6.45) is 0.160. The molecule has 3 aromatic rings. The molecule has 0 aliphatic carbocycles. The van der Waals surface area contributed by atoms with Crippen LogP contribution in [0, 0.1) is 12.7 Å². The van der Waals surface area contributed by atoms with E-state index in [0.717, 1.165) is 0 Å². The van der Waals surface area contributed by atoms with Crippen LogP contribution in [-0.2, 0) is 38.0 Å². The smallest absolute Gasteiger partial charge is 0.182 e. The van der Waals surface area contributed by atoms with E-state index in [0.29, 0.717) is 22.3 Å². The first-order valence-corrected chi connectivity index (χ1v) is 12.6. The monoisotopic (exact) mass is 481 g/mol. The topological polar surface area (TPSA) is 71.5 Å². The molecule has 0 saturated carbocycles. The first-order chi connectivity index (χ1) is 16.1. The predicted molar refractivity (Wildman–Crippen MR) is 130 cm³/mol. The van der Waals surface area contributed by atoms with Crippen LogP contribution in [0.2, 0.25) is 0 Å². The maximum atomic E-state index is 13.3. The number of carbonyl (C=O) groups is 2. The third-order valence-corrected chi connectivity index (χ3v) is 7.19. The van der Waals surface area contributed by atoms with Gasteiger partial charge in [-0.1, -0.05) is 54.6 Å². The number of aryl methyl sites for hydroxylation is 1. The lowest BCUT2D eigenvalue weighted by Crippen LogP contribution is -2.32. The number of sulfone groups is 1. The van der Waals surface area contributed by atoms with Gasteiger partial charge in [-0.15, -0.1) is 0 Å². The van der Waals surface area contributed by atoms with E-state index in [1.807, 2.05) is 6.07 Å². The lowest BCUT2D eigenvalue weighted by atomic mass is 10.1. The Morgan fingerprint density at radius 1 is 0.794 bits per heavy atom. The predicted octanol–water partition coefficient (Wildman–Crippen LogP) is 3.96. The normalized spacial score (nSPS) is 11.5. The van der Waals surface area contributed by atoms with Crippen molar-refractivity contribution in [3.8, 4) is 0 Å². The van der Waals surface area contributed by atoms with E-state index in [2.05, 4.69) is 0 Å². The van der Waals surface area contributed by atoms with Gasteiger partial charge in [0.15, 0.2) is 21.4 Å². The highest BCUT2D eigenvalue weighted by Crippen LogP contribution is 2.22. The Balaban J connectivity index is 1.59. The number of carbonyl (C=O) groups excluding carboxylic acids is 2. The van der Waals surface area contributed by atoms with E-state index < -0.39 is 15.7 Å². The molecular weight excluding hydrogens is 453 g/mol. The number of rotatable bonds is 11. The minimum atomic E-state index is -3.57. The van der Waals surface area contributed by atoms with Crippen LogP contribution < -0.4 is 0 Å². The van der Waals surface area contributed by atoms with Crippen molar-refractivity contribution in [2.45, 2.75) is 30.4 Å². The van der Waals surface area contributed by atoms with E-state index >= 15 is 0 Å². The zero-order valence-electron chi connectivity index (χ0n) is 19.3. The molecule has 0 N–H and O–H groups in total. The van der Waals surface area contributed by atoms with Crippen LogP contribution in [0.1, 0.15) is 22.3 Å². The van der Waals surface area contributed by atoms with Gasteiger partial charge in [0, 0.05) is 12.8 Å². The number of Topliss-reactive ketones (excluding diaryl/α,β-unsaturated/α-hetero) is 2. The van der Waals surface area contributed by atoms with Gasteiger partial charge in [0.2, 0.25) is 0 Å². The average molecular weight is 482 g/mol. The fourth-order valence-electron chi connectivity index (χ4n) is 3.83. The second-order valence-corrected chi connectivity index (χ2v) is 10.5. The quantitative estimate of drug-likeness (QED) is 0.415. The molecule has 178 valence electrons. The average Bonchev–Trinajstić information content (AvgIpc) is 2.75. The molecule has 34 heavy (non-hydrogen) atoms. The van der Waals surface area contributed by atoms with Crippen molar-refractivity contribution in [1.82, 2.24) is 4.90 Å². The van der Waals surface area contributed by atoms with Crippen molar-refractivity contribution in [2.75, 3.05) is 20.1 Å². The molecule has 5 nitrogen and oxygen atoms in total. The number of hydrogen-bond donors (Lipinski definition) is 0. The molecule has 0 atom stereocenters. The fourth-order valence-corrected chi connectivity index (χ4v) is 5.51. The fraction of sp³-hybridized carbons (Fsp3) is 0.259. The summed E-state index contributed by atoms with van der Waals surface area (Å²) in [5.74, 6) is -0.749. The highest BCUT2D eigenvalue weighted by atomic mass is 32.2. The highest BCUT2D eigenvalue weighted by Gasteiger charge is 2.19. The summed E-state index contributed by atoms with van der Waals surface area (Å²) >= 11 is 0. The van der Waals surface area contributed by atoms with Gasteiger partial charge in [0.25, 0.3) is 0 Å². The van der Waals surface area contributed by atoms with Gasteiger partial charge in [-0.3, -0.25) is 14.5 Å². The minimum absolute atomic E-state index is 0.0505. The summed E-state index contributed by atoms with van der Waals surface area (Å²) in [7, 11) is -1.89. The van der Waals surface area contributed by atoms with Crippen LogP contribution in [0.25, 0.3) is 0 Å². The zero-order valence-corrected chi connectivity index (χ0v) is 20.1. The zero-order chi connectivity index (χ0) is 24.7. The molecule has 0 aromatic heterocycles. The van der Waals surface area contributed by atoms with Gasteiger partial charge in [0.05, 0.1) is 23.7 Å². The Kier molecular flexibility index (Phi) is 8.47. The lowest BCUT2D eigenvalue weighted by molar-refractivity contribution is -0.121. The number of hydrogen-bond acceptors (Lipinski definition) is 5. The second kappa shape index (κ2) is 11.3. The molecule has 0 fully saturated rings. The Labute approximate surface area is 200 Å². The molecule has 0 bridgehead atoms. The summed E-state index contributed by atoms with van der Waals surface area (Å²) < 4.78 is 39.2. The summed E-state index contributed by atoms with van der Waals surface area (Å²) in [5, 5.41) is 0. The SMILES string of the molecule is Cc1ccc(CC(=O)CN(C)CC(=O)Cc2cccc(F)c2)cc1S(=O)(=O)Cc1ccccc1. The first-order valence-electron chi connectivity index (χ1n) is 10.9. The van der Waals surface area contributed by atoms with E-state index in [1.165, 1.54) is 12.1 Å². The number of nitrogens with zero attached hydrogens (tertiary/aromatic N) is 1. The Morgan fingerprint density at radius 3 is 2.00 bits per heavy atom. The van der Waals surface area contributed by atoms with Gasteiger partial charge in [-0.2, -0.15) is 0 Å². The largest absolute Gasteiger partial charge is 0.298 e. The van der Waals surface area contributed by atoms with E-state index in [9.17, 15) is 22.4 Å². The lowest BCUT2D eigenvalue weighted by Gasteiger charge is -2.15. The molecule has 7 heteroatoms. The summed E-state index contributed by atoms with van der Waals surface area (Å²) in [5.41, 5.74) is 2.54. The molecule has 0 radical (unpaired) electrons. The van der Waals surface area contributed by atoms with Crippen molar-refractivity contribution < 1.29 is 22.4 Å². The summed E-state index contributed by atoms with van der Waals surface area (Å²) in [6, 6.07) is 19.9. The van der Waals surface area contributed by atoms with E-state index in [-0.39, 0.29) is 48.1 Å². The maximum absolute atomic E-state index is 13.3. The van der Waals surface area contributed by atoms with Crippen LogP contribution in [0.5, 0.6) is 0 Å².